The Kier molecular flexibility index (Phi) is 3.53. The maximum absolute atomic E-state index is 10.4. The van der Waals surface area contributed by atoms with Gasteiger partial charge in [0.05, 0.1) is 30.3 Å². The summed E-state index contributed by atoms with van der Waals surface area (Å²) in [7, 11) is 0. The first-order valence-corrected chi connectivity index (χ1v) is 5.77. The van der Waals surface area contributed by atoms with Gasteiger partial charge in [-0.1, -0.05) is 0 Å². The van der Waals surface area contributed by atoms with Crippen molar-refractivity contribution in [3.63, 3.8) is 0 Å². The molecule has 0 spiro atoms. The molecule has 0 saturated carbocycles. The maximum atomic E-state index is 10.4. The highest BCUT2D eigenvalue weighted by atomic mass is 32.1. The van der Waals surface area contributed by atoms with Crippen molar-refractivity contribution in [2.45, 2.75) is 6.54 Å². The summed E-state index contributed by atoms with van der Waals surface area (Å²) in [4.78, 5) is 22.4. The van der Waals surface area contributed by atoms with Crippen LogP contribution in [-0.2, 0) is 6.54 Å². The molecule has 0 aliphatic rings. The Balaban J connectivity index is 1.92. The normalized spacial score (nSPS) is 10.0. The van der Waals surface area contributed by atoms with Crippen LogP contribution in [0.25, 0.3) is 0 Å². The molecule has 0 fully saturated rings. The van der Waals surface area contributed by atoms with Gasteiger partial charge in [-0.2, -0.15) is 0 Å². The molecule has 0 atom stereocenters. The summed E-state index contributed by atoms with van der Waals surface area (Å²) in [5, 5.41) is 15.7. The summed E-state index contributed by atoms with van der Waals surface area (Å²) < 4.78 is 0. The second-order valence-corrected chi connectivity index (χ2v) is 4.13. The van der Waals surface area contributed by atoms with Crippen molar-refractivity contribution in [1.29, 1.82) is 0 Å². The van der Waals surface area contributed by atoms with Gasteiger partial charge in [-0.15, -0.1) is 11.3 Å². The largest absolute Gasteiger partial charge is 0.465 e. The third-order valence-corrected chi connectivity index (χ3v) is 2.67. The van der Waals surface area contributed by atoms with Crippen LogP contribution in [0.15, 0.2) is 17.8 Å². The minimum absolute atomic E-state index is 0.331. The Hall–Kier alpha value is -2.42. The molecule has 0 bridgehead atoms. The van der Waals surface area contributed by atoms with E-state index >= 15 is 0 Å². The molecule has 0 saturated heterocycles. The molecule has 5 N–H and O–H groups in total. The summed E-state index contributed by atoms with van der Waals surface area (Å²) in [5.41, 5.74) is 6.64. The fraction of sp³-hybridized carbons (Fsp3) is 0.111. The van der Waals surface area contributed by atoms with Gasteiger partial charge < -0.3 is 16.2 Å². The number of hydrogen-bond acceptors (Lipinski definition) is 7. The number of carboxylic acid groups (broad SMARTS) is 1. The van der Waals surface area contributed by atoms with Gasteiger partial charge in [0.2, 0.25) is 5.95 Å². The van der Waals surface area contributed by atoms with Crippen LogP contribution in [0.1, 0.15) is 5.69 Å². The summed E-state index contributed by atoms with van der Waals surface area (Å²) in [6.45, 7) is 0.404. The van der Waals surface area contributed by atoms with Crippen molar-refractivity contribution in [3.05, 3.63) is 23.5 Å². The molecule has 0 aliphatic carbocycles. The first-order chi connectivity index (χ1) is 8.63. The van der Waals surface area contributed by atoms with E-state index in [1.54, 1.807) is 5.38 Å². The lowest BCUT2D eigenvalue weighted by atomic mass is 10.5. The Bertz CT molecular complexity index is 540. The van der Waals surface area contributed by atoms with E-state index in [9.17, 15) is 4.79 Å². The van der Waals surface area contributed by atoms with Crippen LogP contribution < -0.4 is 16.4 Å². The molecule has 0 aromatic carbocycles. The second-order valence-electron chi connectivity index (χ2n) is 3.27. The fourth-order valence-corrected chi connectivity index (χ4v) is 1.84. The molecule has 0 unspecified atom stereocenters. The highest BCUT2D eigenvalue weighted by molar-refractivity contribution is 7.13. The number of nitrogens with two attached hydrogens (primary N) is 1. The average Bonchev–Trinajstić information content (AvgIpc) is 2.75. The van der Waals surface area contributed by atoms with Crippen LogP contribution in [0, 0.1) is 0 Å². The van der Waals surface area contributed by atoms with Crippen LogP contribution in [-0.4, -0.2) is 26.2 Å². The van der Waals surface area contributed by atoms with Crippen LogP contribution in [0.3, 0.4) is 0 Å². The standard InChI is InChI=1S/C9H10N6O2S/c10-5-1-11-7(12-2-5)13-3-6-4-18-8(14-6)15-9(16)17/h1-2,4H,3,10H2,(H,14,15)(H,16,17)(H,11,12,13). The maximum Gasteiger partial charge on any atom is 0.410 e. The quantitative estimate of drug-likeness (QED) is 0.655. The van der Waals surface area contributed by atoms with Gasteiger partial charge in [0.25, 0.3) is 0 Å². The van der Waals surface area contributed by atoms with Gasteiger partial charge in [-0.3, -0.25) is 5.32 Å². The first kappa shape index (κ1) is 12.0. The molecular formula is C9H10N6O2S. The zero-order chi connectivity index (χ0) is 13.0. The average molecular weight is 266 g/mol. The van der Waals surface area contributed by atoms with Crippen molar-refractivity contribution in [1.82, 2.24) is 15.0 Å². The lowest BCUT2D eigenvalue weighted by Gasteiger charge is -2.01. The summed E-state index contributed by atoms with van der Waals surface area (Å²) >= 11 is 1.21. The van der Waals surface area contributed by atoms with E-state index in [-0.39, 0.29) is 0 Å². The number of thiazole rings is 1. The molecule has 2 aromatic heterocycles. The molecule has 94 valence electrons. The van der Waals surface area contributed by atoms with Gasteiger partial charge in [0, 0.05) is 5.38 Å². The zero-order valence-corrected chi connectivity index (χ0v) is 9.94. The molecule has 8 nitrogen and oxygen atoms in total. The molecular weight excluding hydrogens is 256 g/mol. The van der Waals surface area contributed by atoms with Crippen LogP contribution in [0.2, 0.25) is 0 Å². The van der Waals surface area contributed by atoms with Gasteiger partial charge >= 0.3 is 6.09 Å². The van der Waals surface area contributed by atoms with Crippen molar-refractivity contribution in [2.24, 2.45) is 0 Å². The Labute approximate surface area is 106 Å². The number of anilines is 3. The summed E-state index contributed by atoms with van der Waals surface area (Å²) in [5.74, 6) is 0.435. The predicted molar refractivity (Wildman–Crippen MR) is 67.5 cm³/mol. The lowest BCUT2D eigenvalue weighted by molar-refractivity contribution is 0.209. The van der Waals surface area contributed by atoms with E-state index in [2.05, 4.69) is 25.6 Å². The number of nitrogens with one attached hydrogen (secondary N) is 2. The minimum atomic E-state index is -1.13. The molecule has 9 heteroatoms. The van der Waals surface area contributed by atoms with Crippen LogP contribution in [0.5, 0.6) is 0 Å². The van der Waals surface area contributed by atoms with E-state index in [4.69, 9.17) is 10.8 Å². The van der Waals surface area contributed by atoms with Crippen molar-refractivity contribution < 1.29 is 9.90 Å². The summed E-state index contributed by atoms with van der Waals surface area (Å²) in [6.07, 6.45) is 1.85. The highest BCUT2D eigenvalue weighted by Crippen LogP contribution is 2.15. The predicted octanol–water partition coefficient (Wildman–Crippen LogP) is 1.22. The van der Waals surface area contributed by atoms with Crippen LogP contribution in [0.4, 0.5) is 21.6 Å². The Morgan fingerprint density at radius 3 is 2.83 bits per heavy atom. The molecule has 2 rings (SSSR count). The van der Waals surface area contributed by atoms with Gasteiger partial charge in [0.1, 0.15) is 0 Å². The lowest BCUT2D eigenvalue weighted by Crippen LogP contribution is -2.07. The topological polar surface area (TPSA) is 126 Å². The van der Waals surface area contributed by atoms with Crippen molar-refractivity contribution >= 4 is 34.2 Å². The minimum Gasteiger partial charge on any atom is -0.465 e. The SMILES string of the molecule is Nc1cnc(NCc2csc(NC(=O)O)n2)nc1. The van der Waals surface area contributed by atoms with Crippen molar-refractivity contribution in [3.8, 4) is 0 Å². The molecule has 2 heterocycles. The van der Waals surface area contributed by atoms with E-state index in [1.165, 1.54) is 23.7 Å². The second kappa shape index (κ2) is 5.27. The van der Waals surface area contributed by atoms with E-state index < -0.39 is 6.09 Å². The summed E-state index contributed by atoms with van der Waals surface area (Å²) in [6, 6.07) is 0. The first-order valence-electron chi connectivity index (χ1n) is 4.89. The van der Waals surface area contributed by atoms with Crippen LogP contribution >= 0.6 is 11.3 Å². The number of hydrogen-bond donors (Lipinski definition) is 4. The third-order valence-electron chi connectivity index (χ3n) is 1.87. The van der Waals surface area contributed by atoms with E-state index in [0.717, 1.165) is 0 Å². The Morgan fingerprint density at radius 1 is 1.44 bits per heavy atom. The number of nitrogen functional groups attached to an aromatic ring is 1. The molecule has 18 heavy (non-hydrogen) atoms. The third kappa shape index (κ3) is 3.28. The highest BCUT2D eigenvalue weighted by Gasteiger charge is 2.05. The van der Waals surface area contributed by atoms with Crippen molar-refractivity contribution in [2.75, 3.05) is 16.4 Å². The van der Waals surface area contributed by atoms with Gasteiger partial charge in [-0.05, 0) is 0 Å². The monoisotopic (exact) mass is 266 g/mol. The smallest absolute Gasteiger partial charge is 0.410 e. The van der Waals surface area contributed by atoms with Gasteiger partial charge in [-0.25, -0.2) is 19.7 Å². The molecule has 0 aliphatic heterocycles. The molecule has 0 radical (unpaired) electrons. The number of rotatable bonds is 4. The van der Waals surface area contributed by atoms with E-state index in [0.29, 0.717) is 29.0 Å². The number of amides is 1. The van der Waals surface area contributed by atoms with E-state index in [1.807, 2.05) is 0 Å². The fourth-order valence-electron chi connectivity index (χ4n) is 1.14. The number of carbonyl (C=O) groups is 1. The molecule has 1 amide bonds. The zero-order valence-electron chi connectivity index (χ0n) is 9.12. The molecule has 2 aromatic rings. The Morgan fingerprint density at radius 2 is 2.17 bits per heavy atom. The van der Waals surface area contributed by atoms with Gasteiger partial charge in [0.15, 0.2) is 5.13 Å². The number of aromatic nitrogens is 3. The number of nitrogens with zero attached hydrogens (tertiary/aromatic N) is 3.